The maximum Gasteiger partial charge on any atom is 0.414 e. The Morgan fingerprint density at radius 3 is 2.12 bits per heavy atom. The van der Waals surface area contributed by atoms with Crippen molar-refractivity contribution in [1.29, 1.82) is 0 Å². The molecule has 3 N–H and O–H groups in total. The van der Waals surface area contributed by atoms with Gasteiger partial charge >= 0.3 is 11.9 Å². The van der Waals surface area contributed by atoms with Gasteiger partial charge in [0, 0.05) is 29.3 Å². The van der Waals surface area contributed by atoms with E-state index in [0.29, 0.717) is 6.54 Å². The molecule has 0 spiro atoms. The topological polar surface area (TPSA) is 130 Å². The predicted molar refractivity (Wildman–Crippen MR) is 98.7 cm³/mol. The van der Waals surface area contributed by atoms with E-state index in [1.165, 1.54) is 16.5 Å². The van der Waals surface area contributed by atoms with Crippen molar-refractivity contribution < 1.29 is 24.7 Å². The number of nitrogens with one attached hydrogen (secondary N) is 1. The van der Waals surface area contributed by atoms with Crippen LogP contribution in [0.15, 0.2) is 47.4 Å². The third-order valence-electron chi connectivity index (χ3n) is 3.25. The lowest BCUT2D eigenvalue weighted by molar-refractivity contribution is -0.384. The molecule has 26 heavy (non-hydrogen) atoms. The predicted octanol–water partition coefficient (Wildman–Crippen LogP) is 3.39. The van der Waals surface area contributed by atoms with E-state index in [1.807, 2.05) is 13.2 Å². The van der Waals surface area contributed by atoms with E-state index in [4.69, 9.17) is 19.8 Å². The molecular formula is C17H18N2O6S. The van der Waals surface area contributed by atoms with Gasteiger partial charge in [0.2, 0.25) is 0 Å². The van der Waals surface area contributed by atoms with Crippen molar-refractivity contribution in [1.82, 2.24) is 0 Å². The lowest BCUT2D eigenvalue weighted by Gasteiger charge is -2.09. The van der Waals surface area contributed by atoms with Crippen molar-refractivity contribution in [3.63, 3.8) is 0 Å². The highest BCUT2D eigenvalue weighted by atomic mass is 32.2. The standard InChI is InChI=1S/C15H16N2O2S.C2H2O4/c1-11-9-13(17(18)19)5-8-15(11)16-10-12-3-6-14(20-2)7-4-12;3-1(4)2(5)6/h3-9,16H,10H2,1-2H3;(H,3,4)(H,5,6). The number of carbonyl (C=O) groups is 2. The van der Waals surface area contributed by atoms with E-state index in [9.17, 15) is 10.1 Å². The zero-order valence-corrected chi connectivity index (χ0v) is 14.9. The van der Waals surface area contributed by atoms with Gasteiger partial charge in [-0.15, -0.1) is 11.8 Å². The minimum Gasteiger partial charge on any atom is -0.473 e. The fourth-order valence-electron chi connectivity index (χ4n) is 1.90. The first-order valence-corrected chi connectivity index (χ1v) is 8.55. The van der Waals surface area contributed by atoms with Crippen LogP contribution in [0.1, 0.15) is 11.1 Å². The normalized spacial score (nSPS) is 9.62. The molecule has 0 fully saturated rings. The van der Waals surface area contributed by atoms with E-state index in [1.54, 1.807) is 23.9 Å². The lowest BCUT2D eigenvalue weighted by Crippen LogP contribution is -2.09. The van der Waals surface area contributed by atoms with Gasteiger partial charge < -0.3 is 15.5 Å². The molecule has 0 saturated carbocycles. The molecule has 0 atom stereocenters. The first-order chi connectivity index (χ1) is 12.2. The van der Waals surface area contributed by atoms with Crippen LogP contribution in [0.2, 0.25) is 0 Å². The highest BCUT2D eigenvalue weighted by molar-refractivity contribution is 7.98. The van der Waals surface area contributed by atoms with Gasteiger partial charge in [0.05, 0.1) is 4.92 Å². The van der Waals surface area contributed by atoms with Gasteiger partial charge in [-0.25, -0.2) is 9.59 Å². The van der Waals surface area contributed by atoms with Crippen LogP contribution in [0, 0.1) is 17.0 Å². The quantitative estimate of drug-likeness (QED) is 0.312. The summed E-state index contributed by atoms with van der Waals surface area (Å²) < 4.78 is 0. The number of benzene rings is 2. The summed E-state index contributed by atoms with van der Waals surface area (Å²) >= 11 is 1.71. The maximum atomic E-state index is 10.7. The number of aryl methyl sites for hydroxylation is 1. The van der Waals surface area contributed by atoms with Crippen LogP contribution in [-0.2, 0) is 16.1 Å². The number of non-ortho nitro benzene ring substituents is 1. The van der Waals surface area contributed by atoms with Crippen molar-refractivity contribution >= 4 is 35.1 Å². The van der Waals surface area contributed by atoms with Gasteiger partial charge in [-0.1, -0.05) is 12.1 Å². The van der Waals surface area contributed by atoms with E-state index in [0.717, 1.165) is 11.3 Å². The summed E-state index contributed by atoms with van der Waals surface area (Å²) in [6.45, 7) is 2.57. The van der Waals surface area contributed by atoms with Crippen LogP contribution in [0.3, 0.4) is 0 Å². The maximum absolute atomic E-state index is 10.7. The molecule has 0 heterocycles. The van der Waals surface area contributed by atoms with Crippen LogP contribution in [0.4, 0.5) is 11.4 Å². The lowest BCUT2D eigenvalue weighted by atomic mass is 10.1. The number of carboxylic acids is 2. The van der Waals surface area contributed by atoms with Gasteiger partial charge in [-0.2, -0.15) is 0 Å². The highest BCUT2D eigenvalue weighted by Gasteiger charge is 2.07. The third kappa shape index (κ3) is 6.81. The molecule has 0 unspecified atom stereocenters. The molecule has 0 aromatic heterocycles. The molecule has 2 rings (SSSR count). The van der Waals surface area contributed by atoms with Crippen molar-refractivity contribution in [3.05, 3.63) is 63.7 Å². The summed E-state index contributed by atoms with van der Waals surface area (Å²) in [7, 11) is 0. The molecule has 8 nitrogen and oxygen atoms in total. The van der Waals surface area contributed by atoms with Crippen molar-refractivity contribution in [2.75, 3.05) is 11.6 Å². The number of thioether (sulfide) groups is 1. The second-order valence-corrected chi connectivity index (χ2v) is 5.95. The summed E-state index contributed by atoms with van der Waals surface area (Å²) in [6, 6.07) is 13.2. The number of nitro groups is 1. The molecule has 0 aliphatic rings. The Kier molecular flexibility index (Phi) is 8.10. The number of hydrogen-bond donors (Lipinski definition) is 3. The molecule has 138 valence electrons. The van der Waals surface area contributed by atoms with Gasteiger partial charge in [0.15, 0.2) is 0 Å². The van der Waals surface area contributed by atoms with E-state index < -0.39 is 11.9 Å². The molecule has 9 heteroatoms. The van der Waals surface area contributed by atoms with Gasteiger partial charge in [-0.3, -0.25) is 10.1 Å². The molecule has 2 aromatic rings. The molecule has 2 aromatic carbocycles. The molecule has 0 aliphatic carbocycles. The second kappa shape index (κ2) is 10.0. The molecular weight excluding hydrogens is 360 g/mol. The summed E-state index contributed by atoms with van der Waals surface area (Å²) in [5.74, 6) is -3.65. The van der Waals surface area contributed by atoms with Crippen molar-refractivity contribution in [3.8, 4) is 0 Å². The molecule has 0 aliphatic heterocycles. The van der Waals surface area contributed by atoms with Crippen LogP contribution in [-0.4, -0.2) is 33.3 Å². The van der Waals surface area contributed by atoms with Gasteiger partial charge in [0.1, 0.15) is 0 Å². The molecule has 0 amide bonds. The summed E-state index contributed by atoms with van der Waals surface area (Å²) in [5, 5.41) is 28.8. The van der Waals surface area contributed by atoms with Crippen LogP contribution in [0.25, 0.3) is 0 Å². The number of hydrogen-bond acceptors (Lipinski definition) is 6. The average Bonchev–Trinajstić information content (AvgIpc) is 2.61. The van der Waals surface area contributed by atoms with Crippen LogP contribution in [0.5, 0.6) is 0 Å². The summed E-state index contributed by atoms with van der Waals surface area (Å²) in [6.07, 6.45) is 2.05. The number of nitrogens with zero attached hydrogens (tertiary/aromatic N) is 1. The second-order valence-electron chi connectivity index (χ2n) is 5.07. The van der Waals surface area contributed by atoms with E-state index >= 15 is 0 Å². The van der Waals surface area contributed by atoms with Crippen LogP contribution < -0.4 is 5.32 Å². The van der Waals surface area contributed by atoms with Crippen molar-refractivity contribution in [2.45, 2.75) is 18.4 Å². The van der Waals surface area contributed by atoms with Crippen molar-refractivity contribution in [2.24, 2.45) is 0 Å². The number of nitro benzene ring substituents is 1. The Balaban J connectivity index is 0.000000487. The Morgan fingerprint density at radius 2 is 1.69 bits per heavy atom. The largest absolute Gasteiger partial charge is 0.473 e. The Bertz CT molecular complexity index is 780. The Morgan fingerprint density at radius 1 is 1.12 bits per heavy atom. The Hall–Kier alpha value is -3.07. The summed E-state index contributed by atoms with van der Waals surface area (Å²) in [5.41, 5.74) is 3.10. The van der Waals surface area contributed by atoms with Gasteiger partial charge in [0.25, 0.3) is 5.69 Å². The zero-order chi connectivity index (χ0) is 19.7. The van der Waals surface area contributed by atoms with E-state index in [2.05, 4.69) is 29.6 Å². The number of aliphatic carboxylic acids is 2. The molecule has 0 radical (unpaired) electrons. The van der Waals surface area contributed by atoms with Crippen LogP contribution >= 0.6 is 11.8 Å². The minimum atomic E-state index is -1.82. The highest BCUT2D eigenvalue weighted by Crippen LogP contribution is 2.22. The Labute approximate surface area is 154 Å². The number of rotatable bonds is 5. The monoisotopic (exact) mass is 378 g/mol. The summed E-state index contributed by atoms with van der Waals surface area (Å²) in [4.78, 5) is 29.7. The number of anilines is 1. The first-order valence-electron chi connectivity index (χ1n) is 7.32. The smallest absolute Gasteiger partial charge is 0.414 e. The number of carboxylic acid groups (broad SMARTS) is 2. The fourth-order valence-corrected chi connectivity index (χ4v) is 2.31. The third-order valence-corrected chi connectivity index (χ3v) is 3.99. The fraction of sp³-hybridized carbons (Fsp3) is 0.176. The van der Waals surface area contributed by atoms with Gasteiger partial charge in [-0.05, 0) is 42.5 Å². The average molecular weight is 378 g/mol. The minimum absolute atomic E-state index is 0.123. The molecule has 0 bridgehead atoms. The first kappa shape index (κ1) is 21.0. The zero-order valence-electron chi connectivity index (χ0n) is 14.1. The molecule has 0 saturated heterocycles. The SMILES string of the molecule is CSc1ccc(CNc2ccc([N+](=O)[O-])cc2C)cc1.O=C(O)C(=O)O. The van der Waals surface area contributed by atoms with E-state index in [-0.39, 0.29) is 10.6 Å².